The van der Waals surface area contributed by atoms with Gasteiger partial charge in [-0.2, -0.15) is 0 Å². The summed E-state index contributed by atoms with van der Waals surface area (Å²) in [5.41, 5.74) is 5.30. The van der Waals surface area contributed by atoms with Crippen LogP contribution in [0.15, 0.2) is 36.4 Å². The van der Waals surface area contributed by atoms with Gasteiger partial charge in [-0.05, 0) is 74.9 Å². The van der Waals surface area contributed by atoms with E-state index in [-0.39, 0.29) is 23.9 Å². The topological polar surface area (TPSA) is 116 Å². The first-order valence-corrected chi connectivity index (χ1v) is 15.6. The number of fused-ring (bicyclic) bond motifs is 2. The number of aromatic nitrogens is 4. The van der Waals surface area contributed by atoms with Gasteiger partial charge in [0.25, 0.3) is 0 Å². The molecule has 0 spiro atoms. The zero-order valence-electron chi connectivity index (χ0n) is 25.5. The van der Waals surface area contributed by atoms with Crippen molar-refractivity contribution in [3.8, 4) is 11.8 Å². The van der Waals surface area contributed by atoms with Crippen LogP contribution >= 0.6 is 0 Å². The molecule has 4 heterocycles. The van der Waals surface area contributed by atoms with E-state index in [0.29, 0.717) is 26.1 Å². The highest BCUT2D eigenvalue weighted by Crippen LogP contribution is 2.33. The van der Waals surface area contributed by atoms with Gasteiger partial charge >= 0.3 is 0 Å². The van der Waals surface area contributed by atoms with Crippen LogP contribution in [-0.2, 0) is 19.1 Å². The van der Waals surface area contributed by atoms with E-state index < -0.39 is 0 Å². The molecule has 230 valence electrons. The standard InChI is InChI=1S/C34H40N6O4/c1-43-19-5-9-31(41)39-17-3-7-29(39)33-35-25-15-13-23(21-27(25)37-33)11-12-24-14-16-26-28(22-24)38-34(36-26)30-8-4-18-40(30)32(42)10-6-20-44-2/h13-16,21-22,29-30H,3-10,17-20H2,1-2H3,(H,35,37)(H,36,38)/t29-,30-/m0/s1. The maximum atomic E-state index is 12.8. The number of imidazole rings is 2. The first kappa shape index (κ1) is 29.9. The predicted octanol–water partition coefficient (Wildman–Crippen LogP) is 5.02. The van der Waals surface area contributed by atoms with E-state index >= 15 is 0 Å². The molecular formula is C34H40N6O4. The van der Waals surface area contributed by atoms with Gasteiger partial charge in [-0.1, -0.05) is 11.8 Å². The highest BCUT2D eigenvalue weighted by molar-refractivity contribution is 5.80. The zero-order valence-corrected chi connectivity index (χ0v) is 25.5. The Morgan fingerprint density at radius 1 is 0.773 bits per heavy atom. The van der Waals surface area contributed by atoms with Crippen LogP contribution in [0.4, 0.5) is 0 Å². The molecule has 0 aliphatic carbocycles. The second-order valence-electron chi connectivity index (χ2n) is 11.6. The summed E-state index contributed by atoms with van der Waals surface area (Å²) < 4.78 is 10.2. The van der Waals surface area contributed by atoms with Crippen molar-refractivity contribution in [3.05, 3.63) is 59.2 Å². The van der Waals surface area contributed by atoms with Crippen LogP contribution in [0.2, 0.25) is 0 Å². The number of rotatable bonds is 10. The second kappa shape index (κ2) is 13.6. The van der Waals surface area contributed by atoms with Gasteiger partial charge in [0.1, 0.15) is 11.6 Å². The molecular weight excluding hydrogens is 556 g/mol. The summed E-state index contributed by atoms with van der Waals surface area (Å²) >= 11 is 0. The molecule has 0 saturated carbocycles. The molecule has 10 heteroatoms. The fourth-order valence-corrected chi connectivity index (χ4v) is 6.39. The van der Waals surface area contributed by atoms with Crippen molar-refractivity contribution in [1.29, 1.82) is 0 Å². The van der Waals surface area contributed by atoms with Gasteiger partial charge < -0.3 is 29.2 Å². The van der Waals surface area contributed by atoms with Crippen LogP contribution in [-0.4, -0.2) is 82.1 Å². The van der Waals surface area contributed by atoms with Crippen molar-refractivity contribution in [2.45, 2.75) is 63.5 Å². The SMILES string of the molecule is COCCCC(=O)N1CCC[C@H]1c1nc2cc(C#Cc3ccc4[nH]c([C@@H]5CCCN5C(=O)CCCOC)nc4c3)ccc2[nH]1. The Morgan fingerprint density at radius 3 is 1.66 bits per heavy atom. The summed E-state index contributed by atoms with van der Waals surface area (Å²) in [7, 11) is 3.32. The molecule has 2 saturated heterocycles. The van der Waals surface area contributed by atoms with Gasteiger partial charge in [0.05, 0.1) is 34.2 Å². The first-order chi connectivity index (χ1) is 21.5. The minimum Gasteiger partial charge on any atom is -0.385 e. The number of hydrogen-bond donors (Lipinski definition) is 2. The van der Waals surface area contributed by atoms with Crippen molar-refractivity contribution in [3.63, 3.8) is 0 Å². The third kappa shape index (κ3) is 6.49. The number of aromatic amines is 2. The van der Waals surface area contributed by atoms with Crippen molar-refractivity contribution in [2.75, 3.05) is 40.5 Å². The van der Waals surface area contributed by atoms with E-state index in [2.05, 4.69) is 21.8 Å². The summed E-state index contributed by atoms with van der Waals surface area (Å²) in [6, 6.07) is 11.9. The van der Waals surface area contributed by atoms with E-state index in [1.54, 1.807) is 14.2 Å². The Kier molecular flexibility index (Phi) is 9.24. The number of H-pyrrole nitrogens is 2. The average molecular weight is 597 g/mol. The highest BCUT2D eigenvalue weighted by atomic mass is 16.5. The highest BCUT2D eigenvalue weighted by Gasteiger charge is 2.33. The van der Waals surface area contributed by atoms with Gasteiger partial charge in [0.15, 0.2) is 0 Å². The molecule has 2 N–H and O–H groups in total. The number of hydrogen-bond acceptors (Lipinski definition) is 6. The van der Waals surface area contributed by atoms with Crippen LogP contribution in [0.25, 0.3) is 22.1 Å². The lowest BCUT2D eigenvalue weighted by Gasteiger charge is -2.23. The third-order valence-corrected chi connectivity index (χ3v) is 8.61. The van der Waals surface area contributed by atoms with Crippen LogP contribution < -0.4 is 0 Å². The summed E-state index contributed by atoms with van der Waals surface area (Å²) in [6.45, 7) is 2.70. The Balaban J connectivity index is 1.15. The minimum atomic E-state index is -0.0254. The number of nitrogens with one attached hydrogen (secondary N) is 2. The summed E-state index contributed by atoms with van der Waals surface area (Å²) in [5, 5.41) is 0. The third-order valence-electron chi connectivity index (χ3n) is 8.61. The molecule has 0 bridgehead atoms. The van der Waals surface area contributed by atoms with E-state index in [0.717, 1.165) is 96.5 Å². The first-order valence-electron chi connectivity index (χ1n) is 15.6. The van der Waals surface area contributed by atoms with Crippen LogP contribution in [0.1, 0.15) is 86.2 Å². The molecule has 6 rings (SSSR count). The van der Waals surface area contributed by atoms with Gasteiger partial charge in [-0.3, -0.25) is 9.59 Å². The molecule has 0 radical (unpaired) electrons. The number of benzene rings is 2. The lowest BCUT2D eigenvalue weighted by Crippen LogP contribution is -2.31. The van der Waals surface area contributed by atoms with E-state index in [1.807, 2.05) is 46.2 Å². The average Bonchev–Trinajstić information content (AvgIpc) is 3.84. The van der Waals surface area contributed by atoms with Gasteiger partial charge in [0.2, 0.25) is 11.8 Å². The number of likely N-dealkylation sites (tertiary alicyclic amines) is 2. The van der Waals surface area contributed by atoms with Crippen molar-refractivity contribution < 1.29 is 19.1 Å². The number of carbonyl (C=O) groups is 2. The predicted molar refractivity (Wildman–Crippen MR) is 168 cm³/mol. The van der Waals surface area contributed by atoms with Crippen LogP contribution in [0.3, 0.4) is 0 Å². The lowest BCUT2D eigenvalue weighted by molar-refractivity contribution is -0.133. The molecule has 2 atom stereocenters. The molecule has 10 nitrogen and oxygen atoms in total. The number of nitrogens with zero attached hydrogens (tertiary/aromatic N) is 4. The largest absolute Gasteiger partial charge is 0.385 e. The number of carbonyl (C=O) groups excluding carboxylic acids is 2. The van der Waals surface area contributed by atoms with Crippen molar-refractivity contribution >= 4 is 33.9 Å². The zero-order chi connectivity index (χ0) is 30.5. The quantitative estimate of drug-likeness (QED) is 0.196. The van der Waals surface area contributed by atoms with E-state index in [1.165, 1.54) is 0 Å². The molecule has 44 heavy (non-hydrogen) atoms. The van der Waals surface area contributed by atoms with Gasteiger partial charge in [-0.15, -0.1) is 0 Å². The van der Waals surface area contributed by atoms with Crippen LogP contribution in [0.5, 0.6) is 0 Å². The summed E-state index contributed by atoms with van der Waals surface area (Å²) in [5.74, 6) is 8.54. The monoisotopic (exact) mass is 596 g/mol. The molecule has 0 unspecified atom stereocenters. The Labute approximate surface area is 257 Å². The Bertz CT molecular complexity index is 1580. The van der Waals surface area contributed by atoms with E-state index in [4.69, 9.17) is 19.4 Å². The normalized spacial score (nSPS) is 18.3. The number of ether oxygens (including phenoxy) is 2. The lowest BCUT2D eigenvalue weighted by atomic mass is 10.1. The Morgan fingerprint density at radius 2 is 1.23 bits per heavy atom. The fourth-order valence-electron chi connectivity index (χ4n) is 6.39. The number of methoxy groups -OCH3 is 2. The van der Waals surface area contributed by atoms with Gasteiger partial charge in [0, 0.05) is 64.5 Å². The molecule has 2 aliphatic rings. The molecule has 2 aromatic carbocycles. The smallest absolute Gasteiger partial charge is 0.223 e. The summed E-state index contributed by atoms with van der Waals surface area (Å²) in [6.07, 6.45) is 6.19. The molecule has 2 amide bonds. The molecule has 2 fully saturated rings. The molecule has 4 aromatic rings. The van der Waals surface area contributed by atoms with Crippen molar-refractivity contribution in [2.24, 2.45) is 0 Å². The number of amides is 2. The van der Waals surface area contributed by atoms with Crippen molar-refractivity contribution in [1.82, 2.24) is 29.7 Å². The maximum Gasteiger partial charge on any atom is 0.223 e. The minimum absolute atomic E-state index is 0.0254. The van der Waals surface area contributed by atoms with Gasteiger partial charge in [-0.25, -0.2) is 9.97 Å². The summed E-state index contributed by atoms with van der Waals surface area (Å²) in [4.78, 5) is 46.2. The Hall–Kier alpha value is -4.20. The molecule has 2 aromatic heterocycles. The second-order valence-corrected chi connectivity index (χ2v) is 11.6. The van der Waals surface area contributed by atoms with Crippen LogP contribution in [0, 0.1) is 11.8 Å². The van der Waals surface area contributed by atoms with E-state index in [9.17, 15) is 9.59 Å². The molecule has 2 aliphatic heterocycles. The maximum absolute atomic E-state index is 12.8. The fraction of sp³-hybridized carbons (Fsp3) is 0.471.